The fraction of sp³-hybridized carbons (Fsp3) is 0.208. The van der Waals surface area contributed by atoms with Crippen LogP contribution in [-0.4, -0.2) is 24.8 Å². The molecule has 0 atom stereocenters. The van der Waals surface area contributed by atoms with Gasteiger partial charge in [0.1, 0.15) is 12.4 Å². The molecule has 2 aromatic carbocycles. The van der Waals surface area contributed by atoms with E-state index >= 15 is 0 Å². The number of nitrogens with zero attached hydrogens (tertiary/aromatic N) is 6. The summed E-state index contributed by atoms with van der Waals surface area (Å²) in [6, 6.07) is 13.3. The van der Waals surface area contributed by atoms with Gasteiger partial charge < -0.3 is 4.74 Å². The number of pyridine rings is 1. The van der Waals surface area contributed by atoms with Gasteiger partial charge in [0.15, 0.2) is 0 Å². The highest BCUT2D eigenvalue weighted by Gasteiger charge is 2.15. The van der Waals surface area contributed by atoms with Gasteiger partial charge in [-0.05, 0) is 72.2 Å². The monoisotopic (exact) mass is 426 g/mol. The maximum absolute atomic E-state index is 12.4. The normalized spacial score (nSPS) is 10.7. The quantitative estimate of drug-likeness (QED) is 0.449. The molecule has 0 aliphatic carbocycles. The Morgan fingerprint density at radius 3 is 2.50 bits per heavy atom. The van der Waals surface area contributed by atoms with Crippen LogP contribution in [-0.2, 0) is 13.7 Å². The Balaban J connectivity index is 1.64. The molecule has 4 rings (SSSR count). The van der Waals surface area contributed by atoms with Crippen molar-refractivity contribution in [2.24, 2.45) is 7.05 Å². The summed E-state index contributed by atoms with van der Waals surface area (Å²) in [5, 5.41) is 7.78. The van der Waals surface area contributed by atoms with E-state index in [0.717, 1.165) is 39.3 Å². The summed E-state index contributed by atoms with van der Waals surface area (Å²) >= 11 is 0. The fourth-order valence-electron chi connectivity index (χ4n) is 3.52. The topological polar surface area (TPSA) is 79.2 Å². The van der Waals surface area contributed by atoms with Crippen LogP contribution in [0.3, 0.4) is 0 Å². The number of hydrogen-bond acceptors (Lipinski definition) is 5. The van der Waals surface area contributed by atoms with Crippen LogP contribution in [0.5, 0.6) is 5.75 Å². The predicted octanol–water partition coefficient (Wildman–Crippen LogP) is 4.08. The highest BCUT2D eigenvalue weighted by molar-refractivity contribution is 5.67. The molecule has 32 heavy (non-hydrogen) atoms. The summed E-state index contributed by atoms with van der Waals surface area (Å²) in [5.74, 6) is 0.754. The van der Waals surface area contributed by atoms with Crippen LogP contribution in [0.4, 0.5) is 5.69 Å². The summed E-state index contributed by atoms with van der Waals surface area (Å²) in [7, 11) is 1.57. The number of hydrogen-bond donors (Lipinski definition) is 0. The zero-order chi connectivity index (χ0) is 22.8. The summed E-state index contributed by atoms with van der Waals surface area (Å²) in [4.78, 5) is 20.2. The van der Waals surface area contributed by atoms with Crippen molar-refractivity contribution < 1.29 is 4.74 Å². The molecule has 0 aliphatic rings. The van der Waals surface area contributed by atoms with Crippen LogP contribution in [0.1, 0.15) is 22.3 Å². The van der Waals surface area contributed by atoms with Crippen LogP contribution in [0, 0.1) is 27.3 Å². The standard InChI is InChI=1S/C24H22N6O2/c1-15-7-6-8-22(30-24(31)29(5)27-28-30)20(15)14-32-23-12-16(2)19(11-17(23)3)21-10-9-18(25-4)13-26-21/h6-13H,14H2,1-3,5H3. The maximum Gasteiger partial charge on any atom is 0.368 e. The average Bonchev–Trinajstić information content (AvgIpc) is 3.13. The van der Waals surface area contributed by atoms with Gasteiger partial charge in [0.05, 0.1) is 18.0 Å². The summed E-state index contributed by atoms with van der Waals surface area (Å²) in [5.41, 5.74) is 6.50. The van der Waals surface area contributed by atoms with E-state index in [1.807, 2.05) is 57.2 Å². The molecule has 0 amide bonds. The molecule has 0 bridgehead atoms. The Bertz CT molecular complexity index is 1390. The van der Waals surface area contributed by atoms with Gasteiger partial charge in [-0.2, -0.15) is 9.36 Å². The molecule has 0 fully saturated rings. The molecule has 8 heteroatoms. The summed E-state index contributed by atoms with van der Waals surface area (Å²) in [6.45, 7) is 13.3. The van der Waals surface area contributed by atoms with Gasteiger partial charge in [0.2, 0.25) is 5.69 Å². The lowest BCUT2D eigenvalue weighted by Crippen LogP contribution is -2.23. The molecule has 0 unspecified atom stereocenters. The number of tetrazole rings is 1. The molecule has 0 N–H and O–H groups in total. The second-order valence-corrected chi connectivity index (χ2v) is 7.60. The van der Waals surface area contributed by atoms with Crippen molar-refractivity contribution in [3.8, 4) is 22.7 Å². The number of rotatable bonds is 5. The van der Waals surface area contributed by atoms with Gasteiger partial charge in [-0.1, -0.05) is 18.2 Å². The smallest absolute Gasteiger partial charge is 0.368 e. The molecule has 0 saturated carbocycles. The summed E-state index contributed by atoms with van der Waals surface area (Å²) in [6.07, 6.45) is 1.58. The molecule has 0 aliphatic heterocycles. The first-order valence-corrected chi connectivity index (χ1v) is 10.0. The Morgan fingerprint density at radius 1 is 1.03 bits per heavy atom. The van der Waals surface area contributed by atoms with Gasteiger partial charge in [-0.15, -0.1) is 0 Å². The van der Waals surface area contributed by atoms with E-state index in [2.05, 4.69) is 20.3 Å². The number of ether oxygens (including phenoxy) is 1. The van der Waals surface area contributed by atoms with Crippen LogP contribution >= 0.6 is 0 Å². The van der Waals surface area contributed by atoms with Crippen LogP contribution in [0.15, 0.2) is 53.5 Å². The van der Waals surface area contributed by atoms with Crippen molar-refractivity contribution in [3.05, 3.63) is 92.8 Å². The SMILES string of the molecule is [C-]#[N+]c1ccc(-c2cc(C)c(OCc3c(C)cccc3-n3nnn(C)c3=O)cc2C)nc1. The van der Waals surface area contributed by atoms with Gasteiger partial charge in [0, 0.05) is 24.4 Å². The highest BCUT2D eigenvalue weighted by Crippen LogP contribution is 2.31. The Kier molecular flexibility index (Phi) is 5.56. The molecular weight excluding hydrogens is 404 g/mol. The van der Waals surface area contributed by atoms with Crippen LogP contribution in [0.2, 0.25) is 0 Å². The molecule has 160 valence electrons. The largest absolute Gasteiger partial charge is 0.489 e. The minimum absolute atomic E-state index is 0.280. The average molecular weight is 426 g/mol. The van der Waals surface area contributed by atoms with E-state index in [1.165, 1.54) is 9.36 Å². The van der Waals surface area contributed by atoms with Crippen molar-refractivity contribution in [2.75, 3.05) is 0 Å². The molecule has 2 heterocycles. The van der Waals surface area contributed by atoms with Gasteiger partial charge in [-0.25, -0.2) is 9.64 Å². The minimum atomic E-state index is -0.315. The molecule has 0 spiro atoms. The van der Waals surface area contributed by atoms with Gasteiger partial charge >= 0.3 is 5.69 Å². The van der Waals surface area contributed by atoms with Crippen molar-refractivity contribution in [1.29, 1.82) is 0 Å². The van der Waals surface area contributed by atoms with Crippen molar-refractivity contribution in [2.45, 2.75) is 27.4 Å². The first kappa shape index (κ1) is 21.0. The lowest BCUT2D eigenvalue weighted by atomic mass is 10.0. The third kappa shape index (κ3) is 3.88. The minimum Gasteiger partial charge on any atom is -0.489 e. The van der Waals surface area contributed by atoms with Gasteiger partial charge in [0.25, 0.3) is 0 Å². The zero-order valence-electron chi connectivity index (χ0n) is 18.3. The van der Waals surface area contributed by atoms with E-state index in [0.29, 0.717) is 11.4 Å². The third-order valence-corrected chi connectivity index (χ3v) is 5.38. The summed E-state index contributed by atoms with van der Waals surface area (Å²) < 4.78 is 8.67. The van der Waals surface area contributed by atoms with Gasteiger partial charge in [-0.3, -0.25) is 4.98 Å². The lowest BCUT2D eigenvalue weighted by Gasteiger charge is -2.16. The zero-order valence-corrected chi connectivity index (χ0v) is 18.3. The van der Waals surface area contributed by atoms with Crippen molar-refractivity contribution in [3.63, 3.8) is 0 Å². The van der Waals surface area contributed by atoms with E-state index in [4.69, 9.17) is 11.3 Å². The number of aromatic nitrogens is 5. The first-order chi connectivity index (χ1) is 15.4. The molecule has 8 nitrogen and oxygen atoms in total. The molecule has 0 radical (unpaired) electrons. The van der Waals surface area contributed by atoms with E-state index in [9.17, 15) is 4.79 Å². The number of aryl methyl sites for hydroxylation is 4. The fourth-order valence-corrected chi connectivity index (χ4v) is 3.52. The van der Waals surface area contributed by atoms with Crippen molar-refractivity contribution >= 4 is 5.69 Å². The second kappa shape index (κ2) is 8.47. The number of benzene rings is 2. The van der Waals surface area contributed by atoms with Crippen molar-refractivity contribution in [1.82, 2.24) is 24.8 Å². The lowest BCUT2D eigenvalue weighted by molar-refractivity contribution is 0.302. The molecular formula is C24H22N6O2. The highest BCUT2D eigenvalue weighted by atomic mass is 16.5. The third-order valence-electron chi connectivity index (χ3n) is 5.38. The maximum atomic E-state index is 12.4. The first-order valence-electron chi connectivity index (χ1n) is 10.0. The van der Waals surface area contributed by atoms with E-state index in [1.54, 1.807) is 19.3 Å². The Hall–Kier alpha value is -4.25. The molecule has 0 saturated heterocycles. The Labute approximate surface area is 185 Å². The second-order valence-electron chi connectivity index (χ2n) is 7.60. The van der Waals surface area contributed by atoms with Crippen LogP contribution < -0.4 is 10.4 Å². The van der Waals surface area contributed by atoms with Crippen LogP contribution in [0.25, 0.3) is 21.8 Å². The van der Waals surface area contributed by atoms with E-state index in [-0.39, 0.29) is 12.3 Å². The Morgan fingerprint density at radius 2 is 1.84 bits per heavy atom. The molecule has 4 aromatic rings. The molecule has 2 aromatic heterocycles. The van der Waals surface area contributed by atoms with E-state index < -0.39 is 0 Å². The predicted molar refractivity (Wildman–Crippen MR) is 121 cm³/mol.